The van der Waals surface area contributed by atoms with Crippen LogP contribution in [0, 0.1) is 5.92 Å². The Hall–Kier alpha value is -0.860. The number of nitrogens with one attached hydrogen (secondary N) is 1. The Labute approximate surface area is 117 Å². The van der Waals surface area contributed by atoms with E-state index in [1.807, 2.05) is 0 Å². The maximum Gasteiger partial charge on any atom is 0.0322 e. The molecule has 0 spiro atoms. The Morgan fingerprint density at radius 2 is 1.79 bits per heavy atom. The van der Waals surface area contributed by atoms with Gasteiger partial charge >= 0.3 is 0 Å². The topological polar surface area (TPSA) is 15.3 Å². The number of benzene rings is 1. The van der Waals surface area contributed by atoms with E-state index in [1.54, 1.807) is 0 Å². The third-order valence-corrected chi connectivity index (χ3v) is 4.72. The molecule has 1 saturated heterocycles. The molecule has 104 valence electrons. The molecule has 1 heterocycles. The smallest absolute Gasteiger partial charge is 0.0322 e. The van der Waals surface area contributed by atoms with E-state index in [0.717, 1.165) is 12.0 Å². The minimum absolute atomic E-state index is 0.573. The van der Waals surface area contributed by atoms with Crippen LogP contribution in [0.3, 0.4) is 0 Å². The Morgan fingerprint density at radius 1 is 1.11 bits per heavy atom. The van der Waals surface area contributed by atoms with Gasteiger partial charge in [0, 0.05) is 18.6 Å². The van der Waals surface area contributed by atoms with Crippen LogP contribution in [-0.2, 0) is 0 Å². The van der Waals surface area contributed by atoms with E-state index in [1.165, 1.54) is 50.9 Å². The molecule has 2 nitrogen and oxygen atoms in total. The highest BCUT2D eigenvalue weighted by Crippen LogP contribution is 2.35. The molecule has 0 bridgehead atoms. The van der Waals surface area contributed by atoms with Crippen LogP contribution in [0.2, 0.25) is 0 Å². The highest BCUT2D eigenvalue weighted by atomic mass is 15.2. The maximum absolute atomic E-state index is 3.48. The van der Waals surface area contributed by atoms with Gasteiger partial charge in [-0.25, -0.2) is 0 Å². The van der Waals surface area contributed by atoms with E-state index in [0.29, 0.717) is 6.04 Å². The highest BCUT2D eigenvalue weighted by Gasteiger charge is 2.34. The lowest BCUT2D eigenvalue weighted by Gasteiger charge is -2.34. The van der Waals surface area contributed by atoms with Gasteiger partial charge in [0.05, 0.1) is 0 Å². The fourth-order valence-electron chi connectivity index (χ4n) is 3.32. The molecule has 1 aromatic rings. The largest absolute Gasteiger partial charge is 0.317 e. The zero-order valence-electron chi connectivity index (χ0n) is 12.0. The summed E-state index contributed by atoms with van der Waals surface area (Å²) >= 11 is 0. The number of rotatable bonds is 5. The van der Waals surface area contributed by atoms with Gasteiger partial charge < -0.3 is 5.32 Å². The van der Waals surface area contributed by atoms with Gasteiger partial charge in [-0.15, -0.1) is 0 Å². The standard InChI is InChI=1S/C17H26N2/c1-14(16-5-3-2-4-6-16)19(17-7-8-17)13-15-9-11-18-12-10-15/h2-6,14-15,17-18H,7-13H2,1H3. The molecule has 0 amide bonds. The molecule has 1 unspecified atom stereocenters. The van der Waals surface area contributed by atoms with Crippen LogP contribution in [-0.4, -0.2) is 30.6 Å². The lowest BCUT2D eigenvalue weighted by Crippen LogP contribution is -2.38. The SMILES string of the molecule is CC(c1ccccc1)N(CC1CCNCC1)C1CC1. The summed E-state index contributed by atoms with van der Waals surface area (Å²) in [5, 5.41) is 3.48. The molecular formula is C17H26N2. The molecule has 1 aliphatic heterocycles. The van der Waals surface area contributed by atoms with Gasteiger partial charge in [-0.2, -0.15) is 0 Å². The predicted octanol–water partition coefficient (Wildman–Crippen LogP) is 3.21. The van der Waals surface area contributed by atoms with Crippen LogP contribution in [0.25, 0.3) is 0 Å². The molecular weight excluding hydrogens is 232 g/mol. The van der Waals surface area contributed by atoms with E-state index in [9.17, 15) is 0 Å². The summed E-state index contributed by atoms with van der Waals surface area (Å²) in [6.07, 6.45) is 5.51. The highest BCUT2D eigenvalue weighted by molar-refractivity contribution is 5.19. The van der Waals surface area contributed by atoms with Crippen molar-refractivity contribution in [1.82, 2.24) is 10.2 Å². The average molecular weight is 258 g/mol. The molecule has 1 aromatic carbocycles. The van der Waals surface area contributed by atoms with Crippen LogP contribution >= 0.6 is 0 Å². The van der Waals surface area contributed by atoms with Crippen LogP contribution in [0.4, 0.5) is 0 Å². The summed E-state index contributed by atoms with van der Waals surface area (Å²) in [7, 11) is 0. The fraction of sp³-hybridized carbons (Fsp3) is 0.647. The van der Waals surface area contributed by atoms with Crippen LogP contribution in [0.5, 0.6) is 0 Å². The molecule has 1 atom stereocenters. The Balaban J connectivity index is 1.66. The normalized spacial score (nSPS) is 22.6. The third kappa shape index (κ3) is 3.37. The predicted molar refractivity (Wildman–Crippen MR) is 80.2 cm³/mol. The molecule has 1 saturated carbocycles. The maximum atomic E-state index is 3.48. The first kappa shape index (κ1) is 13.1. The van der Waals surface area contributed by atoms with Gasteiger partial charge in [0.2, 0.25) is 0 Å². The van der Waals surface area contributed by atoms with Crippen molar-refractivity contribution in [2.75, 3.05) is 19.6 Å². The quantitative estimate of drug-likeness (QED) is 0.872. The summed E-state index contributed by atoms with van der Waals surface area (Å²) in [6, 6.07) is 12.4. The van der Waals surface area contributed by atoms with Crippen molar-refractivity contribution in [1.29, 1.82) is 0 Å². The molecule has 19 heavy (non-hydrogen) atoms. The second kappa shape index (κ2) is 6.06. The molecule has 1 aliphatic carbocycles. The zero-order chi connectivity index (χ0) is 13.1. The van der Waals surface area contributed by atoms with Crippen molar-refractivity contribution in [3.63, 3.8) is 0 Å². The van der Waals surface area contributed by atoms with Crippen molar-refractivity contribution in [2.24, 2.45) is 5.92 Å². The molecule has 2 aliphatic rings. The second-order valence-electron chi connectivity index (χ2n) is 6.21. The summed E-state index contributed by atoms with van der Waals surface area (Å²) in [5.74, 6) is 0.896. The van der Waals surface area contributed by atoms with Gasteiger partial charge in [-0.3, -0.25) is 4.90 Å². The zero-order valence-corrected chi connectivity index (χ0v) is 12.0. The van der Waals surface area contributed by atoms with E-state index < -0.39 is 0 Å². The minimum atomic E-state index is 0.573. The number of piperidine rings is 1. The lowest BCUT2D eigenvalue weighted by molar-refractivity contribution is 0.152. The van der Waals surface area contributed by atoms with Crippen LogP contribution in [0.1, 0.15) is 44.2 Å². The van der Waals surface area contributed by atoms with Gasteiger partial charge in [-0.1, -0.05) is 30.3 Å². The molecule has 1 N–H and O–H groups in total. The van der Waals surface area contributed by atoms with Crippen molar-refractivity contribution in [2.45, 2.75) is 44.7 Å². The monoisotopic (exact) mass is 258 g/mol. The third-order valence-electron chi connectivity index (χ3n) is 4.72. The summed E-state index contributed by atoms with van der Waals surface area (Å²) < 4.78 is 0. The number of nitrogens with zero attached hydrogens (tertiary/aromatic N) is 1. The Morgan fingerprint density at radius 3 is 2.42 bits per heavy atom. The second-order valence-corrected chi connectivity index (χ2v) is 6.21. The first-order valence-electron chi connectivity index (χ1n) is 7.86. The minimum Gasteiger partial charge on any atom is -0.317 e. The van der Waals surface area contributed by atoms with Gasteiger partial charge in [0.15, 0.2) is 0 Å². The summed E-state index contributed by atoms with van der Waals surface area (Å²) in [6.45, 7) is 6.10. The molecule has 3 rings (SSSR count). The Bertz CT molecular complexity index is 380. The first-order chi connectivity index (χ1) is 9.34. The van der Waals surface area contributed by atoms with E-state index in [-0.39, 0.29) is 0 Å². The van der Waals surface area contributed by atoms with E-state index in [4.69, 9.17) is 0 Å². The summed E-state index contributed by atoms with van der Waals surface area (Å²) in [5.41, 5.74) is 1.48. The van der Waals surface area contributed by atoms with E-state index >= 15 is 0 Å². The molecule has 0 radical (unpaired) electrons. The van der Waals surface area contributed by atoms with Crippen LogP contribution < -0.4 is 5.32 Å². The molecule has 2 heteroatoms. The lowest BCUT2D eigenvalue weighted by atomic mass is 9.96. The van der Waals surface area contributed by atoms with Gasteiger partial charge in [-0.05, 0) is 57.2 Å². The Kier molecular flexibility index (Phi) is 4.19. The molecule has 2 fully saturated rings. The van der Waals surface area contributed by atoms with Crippen molar-refractivity contribution in [3.8, 4) is 0 Å². The van der Waals surface area contributed by atoms with E-state index in [2.05, 4.69) is 47.5 Å². The summed E-state index contributed by atoms with van der Waals surface area (Å²) in [4.78, 5) is 2.77. The molecule has 0 aromatic heterocycles. The van der Waals surface area contributed by atoms with Gasteiger partial charge in [0.1, 0.15) is 0 Å². The van der Waals surface area contributed by atoms with Crippen molar-refractivity contribution >= 4 is 0 Å². The van der Waals surface area contributed by atoms with Crippen LogP contribution in [0.15, 0.2) is 30.3 Å². The first-order valence-corrected chi connectivity index (χ1v) is 7.86. The van der Waals surface area contributed by atoms with Gasteiger partial charge in [0.25, 0.3) is 0 Å². The fourth-order valence-corrected chi connectivity index (χ4v) is 3.32. The number of hydrogen-bond acceptors (Lipinski definition) is 2. The van der Waals surface area contributed by atoms with Crippen molar-refractivity contribution < 1.29 is 0 Å². The average Bonchev–Trinajstić information content (AvgIpc) is 3.31. The number of hydrogen-bond donors (Lipinski definition) is 1. The van der Waals surface area contributed by atoms with Crippen molar-refractivity contribution in [3.05, 3.63) is 35.9 Å².